The van der Waals surface area contributed by atoms with Crippen molar-refractivity contribution >= 4 is 27.8 Å². The highest BCUT2D eigenvalue weighted by Gasteiger charge is 2.33. The molecule has 0 radical (unpaired) electrons. The molecule has 2 aliphatic rings. The summed E-state index contributed by atoms with van der Waals surface area (Å²) in [6.45, 7) is 1.74. The number of hydrogen-bond donors (Lipinski definition) is 0. The summed E-state index contributed by atoms with van der Waals surface area (Å²) in [4.78, 5) is 15.1. The van der Waals surface area contributed by atoms with E-state index in [0.717, 1.165) is 32.7 Å². The fourth-order valence-corrected chi connectivity index (χ4v) is 4.34. The van der Waals surface area contributed by atoms with E-state index in [0.29, 0.717) is 36.9 Å². The quantitative estimate of drug-likeness (QED) is 0.469. The largest absolute Gasteiger partial charge is 0.496 e. The molecular weight excluding hydrogens is 458 g/mol. The summed E-state index contributed by atoms with van der Waals surface area (Å²) in [5.41, 5.74) is 3.44. The number of para-hydroxylation sites is 1. The number of benzene rings is 3. The third kappa shape index (κ3) is 3.84. The van der Waals surface area contributed by atoms with Crippen LogP contribution in [-0.2, 0) is 13.1 Å². The highest BCUT2D eigenvalue weighted by atomic mass is 79.9. The molecule has 0 N–H and O–H groups in total. The number of carbonyl (C=O) groups excluding carboxylic acids is 1. The zero-order chi connectivity index (χ0) is 21.4. The van der Waals surface area contributed by atoms with Crippen LogP contribution in [-0.4, -0.2) is 24.5 Å². The Morgan fingerprint density at radius 3 is 2.84 bits per heavy atom. The number of fused-ring (bicyclic) bond motifs is 3. The highest BCUT2D eigenvalue weighted by Crippen LogP contribution is 2.42. The van der Waals surface area contributed by atoms with Gasteiger partial charge in [0, 0.05) is 23.1 Å². The standard InChI is InChI=1S/C25H20BrNO4/c1-29-21-8-3-2-6-17(21)13-27-14-20-22(30-15-27)10-9-19-24(28)23(31-25(19)20)12-16-5-4-7-18(26)11-16/h2-12H,13-15H2,1H3/b23-12-. The SMILES string of the molecule is COc1ccccc1CN1COc2ccc3c(c2C1)O/C(=C\c1cccc(Br)c1)C3=O. The van der Waals surface area contributed by atoms with Crippen LogP contribution in [0.5, 0.6) is 17.2 Å². The molecule has 0 fully saturated rings. The fraction of sp³-hybridized carbons (Fsp3) is 0.160. The zero-order valence-corrected chi connectivity index (χ0v) is 18.5. The Kier molecular flexibility index (Phi) is 5.26. The molecule has 2 aliphatic heterocycles. The van der Waals surface area contributed by atoms with Crippen molar-refractivity contribution in [2.75, 3.05) is 13.8 Å². The van der Waals surface area contributed by atoms with Gasteiger partial charge in [0.05, 0.1) is 18.2 Å². The molecule has 0 unspecified atom stereocenters. The van der Waals surface area contributed by atoms with Gasteiger partial charge in [0.15, 0.2) is 5.76 Å². The van der Waals surface area contributed by atoms with Crippen LogP contribution in [0.15, 0.2) is 70.9 Å². The molecule has 5 nitrogen and oxygen atoms in total. The fourth-order valence-electron chi connectivity index (χ4n) is 3.93. The van der Waals surface area contributed by atoms with Gasteiger partial charge >= 0.3 is 0 Å². The van der Waals surface area contributed by atoms with E-state index in [4.69, 9.17) is 14.2 Å². The first-order chi connectivity index (χ1) is 15.1. The van der Waals surface area contributed by atoms with Crippen LogP contribution >= 0.6 is 15.9 Å². The number of halogens is 1. The maximum atomic E-state index is 13.0. The molecule has 3 aromatic rings. The lowest BCUT2D eigenvalue weighted by Gasteiger charge is -2.30. The van der Waals surface area contributed by atoms with Crippen molar-refractivity contribution in [1.29, 1.82) is 0 Å². The average molecular weight is 478 g/mol. The minimum Gasteiger partial charge on any atom is -0.496 e. The lowest BCUT2D eigenvalue weighted by Crippen LogP contribution is -2.31. The maximum absolute atomic E-state index is 13.0. The molecule has 0 bridgehead atoms. The first-order valence-electron chi connectivity index (χ1n) is 9.95. The lowest BCUT2D eigenvalue weighted by molar-refractivity contribution is 0.0865. The van der Waals surface area contributed by atoms with Crippen LogP contribution in [0.4, 0.5) is 0 Å². The van der Waals surface area contributed by atoms with Crippen LogP contribution in [0.3, 0.4) is 0 Å². The minimum absolute atomic E-state index is 0.111. The van der Waals surface area contributed by atoms with Crippen LogP contribution in [0, 0.1) is 0 Å². The number of nitrogens with zero attached hydrogens (tertiary/aromatic N) is 1. The predicted octanol–water partition coefficient (Wildman–Crippen LogP) is 5.43. The Morgan fingerprint density at radius 2 is 2.00 bits per heavy atom. The number of ether oxygens (including phenoxy) is 3. The number of Topliss-reactive ketones (excluding diaryl/α,β-unsaturated/α-hetero) is 1. The first-order valence-corrected chi connectivity index (χ1v) is 10.7. The van der Waals surface area contributed by atoms with E-state index in [2.05, 4.69) is 20.8 Å². The molecule has 0 aromatic heterocycles. The second-order valence-corrected chi connectivity index (χ2v) is 8.40. The Hall–Kier alpha value is -3.09. The van der Waals surface area contributed by atoms with E-state index in [1.165, 1.54) is 0 Å². The number of hydrogen-bond acceptors (Lipinski definition) is 5. The van der Waals surface area contributed by atoms with Crippen LogP contribution in [0.1, 0.15) is 27.0 Å². The molecule has 0 spiro atoms. The molecule has 3 aromatic carbocycles. The van der Waals surface area contributed by atoms with E-state index in [-0.39, 0.29) is 5.78 Å². The summed E-state index contributed by atoms with van der Waals surface area (Å²) in [6, 6.07) is 19.3. The molecule has 0 amide bonds. The number of methoxy groups -OCH3 is 1. The van der Waals surface area contributed by atoms with Crippen LogP contribution < -0.4 is 14.2 Å². The van der Waals surface area contributed by atoms with Gasteiger partial charge in [-0.3, -0.25) is 9.69 Å². The summed E-state index contributed by atoms with van der Waals surface area (Å²) in [5.74, 6) is 2.40. The summed E-state index contributed by atoms with van der Waals surface area (Å²) in [7, 11) is 1.67. The summed E-state index contributed by atoms with van der Waals surface area (Å²) in [5, 5.41) is 0. The Balaban J connectivity index is 1.43. The Labute approximate surface area is 189 Å². The van der Waals surface area contributed by atoms with Crippen molar-refractivity contribution in [2.24, 2.45) is 0 Å². The molecule has 0 saturated carbocycles. The molecule has 6 heteroatoms. The van der Waals surface area contributed by atoms with Crippen molar-refractivity contribution in [1.82, 2.24) is 4.90 Å². The van der Waals surface area contributed by atoms with Gasteiger partial charge in [-0.1, -0.05) is 46.3 Å². The van der Waals surface area contributed by atoms with Gasteiger partial charge in [-0.2, -0.15) is 0 Å². The van der Waals surface area contributed by atoms with E-state index in [1.54, 1.807) is 19.3 Å². The molecular formula is C25H20BrNO4. The van der Waals surface area contributed by atoms with Crippen molar-refractivity contribution in [3.8, 4) is 17.2 Å². The Morgan fingerprint density at radius 1 is 1.13 bits per heavy atom. The van der Waals surface area contributed by atoms with Gasteiger partial charge in [-0.15, -0.1) is 0 Å². The second-order valence-electron chi connectivity index (χ2n) is 7.49. The molecule has 0 saturated heterocycles. The van der Waals surface area contributed by atoms with Crippen LogP contribution in [0.25, 0.3) is 6.08 Å². The monoisotopic (exact) mass is 477 g/mol. The van der Waals surface area contributed by atoms with Crippen molar-refractivity contribution in [3.63, 3.8) is 0 Å². The Bertz CT molecular complexity index is 1200. The van der Waals surface area contributed by atoms with Gasteiger partial charge in [-0.05, 0) is 42.0 Å². The number of carbonyl (C=O) groups is 1. The smallest absolute Gasteiger partial charge is 0.231 e. The van der Waals surface area contributed by atoms with Gasteiger partial charge < -0.3 is 14.2 Å². The molecule has 2 heterocycles. The van der Waals surface area contributed by atoms with Gasteiger partial charge in [0.2, 0.25) is 5.78 Å². The van der Waals surface area contributed by atoms with Crippen LogP contribution in [0.2, 0.25) is 0 Å². The highest BCUT2D eigenvalue weighted by molar-refractivity contribution is 9.10. The lowest BCUT2D eigenvalue weighted by atomic mass is 10.0. The van der Waals surface area contributed by atoms with Gasteiger partial charge in [0.25, 0.3) is 0 Å². The molecule has 0 aliphatic carbocycles. The molecule has 5 rings (SSSR count). The second kappa shape index (κ2) is 8.21. The zero-order valence-electron chi connectivity index (χ0n) is 16.9. The predicted molar refractivity (Wildman–Crippen MR) is 121 cm³/mol. The molecule has 156 valence electrons. The number of allylic oxidation sites excluding steroid dienone is 1. The minimum atomic E-state index is -0.111. The normalized spacial score (nSPS) is 16.5. The summed E-state index contributed by atoms with van der Waals surface area (Å²) < 4.78 is 18.5. The average Bonchev–Trinajstić information content (AvgIpc) is 3.10. The first kappa shape index (κ1) is 19.8. The van der Waals surface area contributed by atoms with E-state index in [1.807, 2.05) is 54.6 Å². The maximum Gasteiger partial charge on any atom is 0.231 e. The summed E-state index contributed by atoms with van der Waals surface area (Å²) >= 11 is 3.46. The van der Waals surface area contributed by atoms with Crippen molar-refractivity contribution in [2.45, 2.75) is 13.1 Å². The molecule has 31 heavy (non-hydrogen) atoms. The van der Waals surface area contributed by atoms with Gasteiger partial charge in [-0.25, -0.2) is 0 Å². The summed E-state index contributed by atoms with van der Waals surface area (Å²) in [6.07, 6.45) is 1.77. The molecule has 0 atom stereocenters. The van der Waals surface area contributed by atoms with E-state index < -0.39 is 0 Å². The third-order valence-electron chi connectivity index (χ3n) is 5.42. The number of rotatable bonds is 4. The van der Waals surface area contributed by atoms with E-state index in [9.17, 15) is 4.79 Å². The topological polar surface area (TPSA) is 48.0 Å². The van der Waals surface area contributed by atoms with Gasteiger partial charge in [0.1, 0.15) is 24.0 Å². The van der Waals surface area contributed by atoms with E-state index >= 15 is 0 Å². The van der Waals surface area contributed by atoms with Crippen molar-refractivity contribution in [3.05, 3.63) is 93.1 Å². The number of ketones is 1. The third-order valence-corrected chi connectivity index (χ3v) is 5.91. The van der Waals surface area contributed by atoms with Crippen molar-refractivity contribution < 1.29 is 19.0 Å².